The van der Waals surface area contributed by atoms with E-state index in [4.69, 9.17) is 21.4 Å². The standard InChI is InChI=1S/C20H17ClFNO3/c21-16-6-8-17(9-7-16)26-20(25)23-18-10-5-14(4-2-1-3-11-24)12-15(18)13-19(23)22/h5-10,12,19,24H,1,3,11,13H2. The second-order valence-electron chi connectivity index (χ2n) is 5.80. The number of unbranched alkanes of at least 4 members (excludes halogenated alkanes) is 1. The maximum atomic E-state index is 14.4. The highest BCUT2D eigenvalue weighted by Crippen LogP contribution is 2.34. The quantitative estimate of drug-likeness (QED) is 0.495. The number of rotatable bonds is 3. The first kappa shape index (κ1) is 18.2. The van der Waals surface area contributed by atoms with Gasteiger partial charge in [-0.2, -0.15) is 0 Å². The van der Waals surface area contributed by atoms with E-state index in [0.29, 0.717) is 34.9 Å². The highest BCUT2D eigenvalue weighted by molar-refractivity contribution is 6.30. The third-order valence-corrected chi connectivity index (χ3v) is 4.17. The number of nitrogens with zero attached hydrogens (tertiary/aromatic N) is 1. The Morgan fingerprint density at radius 3 is 2.81 bits per heavy atom. The molecule has 0 saturated heterocycles. The Labute approximate surface area is 156 Å². The van der Waals surface area contributed by atoms with Gasteiger partial charge < -0.3 is 9.84 Å². The molecule has 1 heterocycles. The van der Waals surface area contributed by atoms with Gasteiger partial charge in [0.15, 0.2) is 6.30 Å². The summed E-state index contributed by atoms with van der Waals surface area (Å²) in [7, 11) is 0. The minimum absolute atomic E-state index is 0.0945. The van der Waals surface area contributed by atoms with Crippen LogP contribution in [0.3, 0.4) is 0 Å². The molecule has 1 unspecified atom stereocenters. The van der Waals surface area contributed by atoms with E-state index in [1.807, 2.05) is 0 Å². The van der Waals surface area contributed by atoms with Crippen molar-refractivity contribution in [1.82, 2.24) is 0 Å². The van der Waals surface area contributed by atoms with Crippen LogP contribution in [0, 0.1) is 11.8 Å². The third-order valence-electron chi connectivity index (χ3n) is 3.92. The first-order valence-electron chi connectivity index (χ1n) is 8.22. The Bertz CT molecular complexity index is 858. The van der Waals surface area contributed by atoms with Crippen molar-refractivity contribution in [2.45, 2.75) is 25.6 Å². The van der Waals surface area contributed by atoms with Gasteiger partial charge in [0.1, 0.15) is 5.75 Å². The number of carbonyl (C=O) groups excluding carboxylic acids is 1. The Balaban J connectivity index is 1.75. The molecule has 26 heavy (non-hydrogen) atoms. The maximum Gasteiger partial charge on any atom is 0.422 e. The Hall–Kier alpha value is -2.55. The van der Waals surface area contributed by atoms with Crippen molar-refractivity contribution in [2.75, 3.05) is 11.5 Å². The van der Waals surface area contributed by atoms with Crippen molar-refractivity contribution in [2.24, 2.45) is 0 Å². The van der Waals surface area contributed by atoms with Crippen LogP contribution in [0.2, 0.25) is 5.02 Å². The number of fused-ring (bicyclic) bond motifs is 1. The second-order valence-corrected chi connectivity index (χ2v) is 6.24. The van der Waals surface area contributed by atoms with Crippen molar-refractivity contribution in [3.8, 4) is 17.6 Å². The van der Waals surface area contributed by atoms with Crippen LogP contribution in [0.15, 0.2) is 42.5 Å². The number of aliphatic hydroxyl groups excluding tert-OH is 1. The number of alkyl halides is 1. The van der Waals surface area contributed by atoms with Crippen molar-refractivity contribution in [3.63, 3.8) is 0 Å². The van der Waals surface area contributed by atoms with Gasteiger partial charge in [-0.25, -0.2) is 14.1 Å². The van der Waals surface area contributed by atoms with Crippen LogP contribution in [0.1, 0.15) is 24.0 Å². The van der Waals surface area contributed by atoms with Gasteiger partial charge in [-0.3, -0.25) is 0 Å². The van der Waals surface area contributed by atoms with E-state index in [0.717, 1.165) is 10.5 Å². The SMILES string of the molecule is O=C(Oc1ccc(Cl)cc1)N1c2ccc(C#CCCCO)cc2CC1F. The highest BCUT2D eigenvalue weighted by Gasteiger charge is 2.35. The number of halogens is 2. The van der Waals surface area contributed by atoms with Gasteiger partial charge in [-0.05, 0) is 54.4 Å². The topological polar surface area (TPSA) is 49.8 Å². The molecule has 3 rings (SSSR count). The van der Waals surface area contributed by atoms with Crippen LogP contribution in [0.4, 0.5) is 14.9 Å². The molecule has 2 aromatic carbocycles. The van der Waals surface area contributed by atoms with E-state index in [9.17, 15) is 9.18 Å². The zero-order chi connectivity index (χ0) is 18.5. The van der Waals surface area contributed by atoms with E-state index in [1.54, 1.807) is 42.5 Å². The van der Waals surface area contributed by atoms with Gasteiger partial charge in [0.2, 0.25) is 0 Å². The molecule has 0 aromatic heterocycles. The fraction of sp³-hybridized carbons (Fsp3) is 0.250. The summed E-state index contributed by atoms with van der Waals surface area (Å²) in [4.78, 5) is 13.4. The number of aliphatic hydroxyl groups is 1. The van der Waals surface area contributed by atoms with Crippen molar-refractivity contribution in [3.05, 3.63) is 58.6 Å². The Morgan fingerprint density at radius 1 is 1.31 bits per heavy atom. The zero-order valence-corrected chi connectivity index (χ0v) is 14.7. The monoisotopic (exact) mass is 373 g/mol. The molecule has 134 valence electrons. The van der Waals surface area contributed by atoms with E-state index in [-0.39, 0.29) is 13.0 Å². The Morgan fingerprint density at radius 2 is 2.08 bits per heavy atom. The largest absolute Gasteiger partial charge is 0.422 e. The maximum absolute atomic E-state index is 14.4. The fourth-order valence-corrected chi connectivity index (χ4v) is 2.81. The summed E-state index contributed by atoms with van der Waals surface area (Å²) in [5, 5.41) is 9.28. The fourth-order valence-electron chi connectivity index (χ4n) is 2.68. The number of hydrogen-bond acceptors (Lipinski definition) is 3. The van der Waals surface area contributed by atoms with Gasteiger partial charge in [0.05, 0.1) is 5.69 Å². The van der Waals surface area contributed by atoms with E-state index in [2.05, 4.69) is 11.8 Å². The van der Waals surface area contributed by atoms with Crippen LogP contribution >= 0.6 is 11.6 Å². The van der Waals surface area contributed by atoms with Crippen molar-refractivity contribution in [1.29, 1.82) is 0 Å². The van der Waals surface area contributed by atoms with E-state index >= 15 is 0 Å². The lowest BCUT2D eigenvalue weighted by Gasteiger charge is -2.19. The first-order valence-corrected chi connectivity index (χ1v) is 8.59. The van der Waals surface area contributed by atoms with Crippen LogP contribution in [-0.2, 0) is 6.42 Å². The number of ether oxygens (including phenoxy) is 1. The number of anilines is 1. The van der Waals surface area contributed by atoms with E-state index < -0.39 is 12.4 Å². The summed E-state index contributed by atoms with van der Waals surface area (Å²) in [5.74, 6) is 6.24. The molecule has 1 aliphatic heterocycles. The normalized spacial score (nSPS) is 15.2. The predicted octanol–water partition coefficient (Wildman–Crippen LogP) is 4.32. The second kappa shape index (κ2) is 8.22. The van der Waals surface area contributed by atoms with Gasteiger partial charge >= 0.3 is 6.09 Å². The molecule has 0 spiro atoms. The van der Waals surface area contributed by atoms with Crippen LogP contribution in [0.25, 0.3) is 0 Å². The number of benzene rings is 2. The lowest BCUT2D eigenvalue weighted by molar-refractivity contribution is 0.196. The molecule has 6 heteroatoms. The predicted molar refractivity (Wildman–Crippen MR) is 98.2 cm³/mol. The zero-order valence-electron chi connectivity index (χ0n) is 13.9. The summed E-state index contributed by atoms with van der Waals surface area (Å²) in [6, 6.07) is 11.5. The lowest BCUT2D eigenvalue weighted by Crippen LogP contribution is -2.37. The first-order chi connectivity index (χ1) is 12.6. The number of amides is 1. The molecule has 0 fully saturated rings. The summed E-state index contributed by atoms with van der Waals surface area (Å²) in [5.41, 5.74) is 1.94. The smallest absolute Gasteiger partial charge is 0.410 e. The van der Waals surface area contributed by atoms with Crippen LogP contribution in [-0.4, -0.2) is 24.1 Å². The van der Waals surface area contributed by atoms with Crippen LogP contribution < -0.4 is 9.64 Å². The van der Waals surface area contributed by atoms with Crippen molar-refractivity contribution < 1.29 is 19.0 Å². The highest BCUT2D eigenvalue weighted by atomic mass is 35.5. The Kier molecular flexibility index (Phi) is 5.77. The molecule has 0 bridgehead atoms. The third kappa shape index (κ3) is 4.16. The van der Waals surface area contributed by atoms with Gasteiger partial charge in [0, 0.05) is 30.0 Å². The van der Waals surface area contributed by atoms with Crippen molar-refractivity contribution >= 4 is 23.4 Å². The number of carbonyl (C=O) groups is 1. The lowest BCUT2D eigenvalue weighted by atomic mass is 10.1. The minimum Gasteiger partial charge on any atom is -0.410 e. The molecule has 0 aliphatic carbocycles. The molecule has 1 N–H and O–H groups in total. The summed E-state index contributed by atoms with van der Waals surface area (Å²) >= 11 is 5.80. The van der Waals surface area contributed by atoms with Gasteiger partial charge in [-0.1, -0.05) is 23.4 Å². The molecule has 2 aromatic rings. The average Bonchev–Trinajstić information content (AvgIpc) is 2.95. The van der Waals surface area contributed by atoms with E-state index in [1.165, 1.54) is 0 Å². The summed E-state index contributed by atoms with van der Waals surface area (Å²) < 4.78 is 19.7. The average molecular weight is 374 g/mol. The number of hydrogen-bond donors (Lipinski definition) is 1. The van der Waals surface area contributed by atoms with Gasteiger partial charge in [0.25, 0.3) is 0 Å². The molecule has 4 nitrogen and oxygen atoms in total. The molecule has 1 amide bonds. The molecule has 0 saturated carbocycles. The molecule has 1 atom stereocenters. The van der Waals surface area contributed by atoms with Crippen LogP contribution in [0.5, 0.6) is 5.75 Å². The molecular formula is C20H17ClFNO3. The molecular weight excluding hydrogens is 357 g/mol. The molecule has 1 aliphatic rings. The minimum atomic E-state index is -1.48. The summed E-state index contributed by atoms with van der Waals surface area (Å²) in [6.45, 7) is 0.104. The summed E-state index contributed by atoms with van der Waals surface area (Å²) in [6.07, 6.45) is -0.951. The molecule has 0 radical (unpaired) electrons. The van der Waals surface area contributed by atoms with Gasteiger partial charge in [-0.15, -0.1) is 0 Å².